The van der Waals surface area contributed by atoms with E-state index in [1.807, 2.05) is 0 Å². The first-order valence-corrected chi connectivity index (χ1v) is 1.51. The topological polar surface area (TPSA) is 41.8 Å². The van der Waals surface area contributed by atoms with Gasteiger partial charge in [-0.15, -0.1) is 5.11 Å². The molecule has 3 nitrogen and oxygen atoms in total. The molecule has 0 unspecified atom stereocenters. The summed E-state index contributed by atoms with van der Waals surface area (Å²) in [5, 5.41) is 6.37. The van der Waals surface area contributed by atoms with Crippen molar-refractivity contribution in [3.8, 4) is 0 Å². The molecule has 38 valence electrons. The summed E-state index contributed by atoms with van der Waals surface area (Å²) in [6.07, 6.45) is 2.67. The van der Waals surface area contributed by atoms with Gasteiger partial charge in [0.05, 0.1) is 6.20 Å². The zero-order valence-corrected chi connectivity index (χ0v) is 2.96. The van der Waals surface area contributed by atoms with Crippen LogP contribution >= 0.6 is 0 Å². The molecule has 1 heterocycles. The van der Waals surface area contributed by atoms with Crippen molar-refractivity contribution in [1.82, 2.24) is 0 Å². The maximum absolute atomic E-state index is 9.90. The molecule has 0 saturated heterocycles. The zero-order chi connectivity index (χ0) is 4.41. The Morgan fingerprint density at radius 1 is 1.57 bits per heavy atom. The van der Waals surface area contributed by atoms with Crippen LogP contribution in [-0.4, -0.2) is 5.91 Å². The average Bonchev–Trinajstić information content (AvgIpc) is 1.86. The number of carbonyl (C=O) groups excluding carboxylic acids is 1. The fourth-order valence-corrected chi connectivity index (χ4v) is 0.221. The molecule has 0 atom stereocenters. The quantitative estimate of drug-likeness (QED) is 0.447. The minimum absolute atomic E-state index is 0. The molecule has 0 aromatic rings. The van der Waals surface area contributed by atoms with Crippen molar-refractivity contribution in [1.29, 1.82) is 0 Å². The van der Waals surface area contributed by atoms with Crippen molar-refractivity contribution in [2.24, 2.45) is 10.2 Å². The molecule has 0 aliphatic carbocycles. The molecule has 0 saturated carbocycles. The number of hydrogen-bond donors (Lipinski definition) is 0. The van der Waals surface area contributed by atoms with Crippen molar-refractivity contribution >= 4 is 5.91 Å². The average molecular weight is 98.1 g/mol. The highest BCUT2D eigenvalue weighted by Gasteiger charge is 1.92. The zero-order valence-electron chi connectivity index (χ0n) is 2.96. The third kappa shape index (κ3) is 1.26. The van der Waals surface area contributed by atoms with Gasteiger partial charge in [0.1, 0.15) is 0 Å². The van der Waals surface area contributed by atoms with Gasteiger partial charge < -0.3 is 0 Å². The highest BCUT2D eigenvalue weighted by atomic mass is 16.1. The van der Waals surface area contributed by atoms with Crippen molar-refractivity contribution in [3.05, 3.63) is 12.3 Å². The van der Waals surface area contributed by atoms with E-state index in [4.69, 9.17) is 0 Å². The number of carbonyl (C=O) groups is 1. The van der Waals surface area contributed by atoms with E-state index in [-0.39, 0.29) is 13.3 Å². The van der Waals surface area contributed by atoms with Crippen LogP contribution in [0.15, 0.2) is 22.5 Å². The number of hydrogen-bond acceptors (Lipinski definition) is 2. The molecule has 0 radical (unpaired) electrons. The van der Waals surface area contributed by atoms with E-state index in [9.17, 15) is 4.79 Å². The van der Waals surface area contributed by atoms with Crippen LogP contribution in [-0.2, 0) is 4.79 Å². The molecule has 0 spiro atoms. The first kappa shape index (κ1) is 6.01. The number of azo groups is 1. The first-order chi connectivity index (χ1) is 2.89. The van der Waals surface area contributed by atoms with Gasteiger partial charge >= 0.3 is 0 Å². The summed E-state index contributed by atoms with van der Waals surface area (Å²) in [5.41, 5.74) is 0. The predicted molar refractivity (Wildman–Crippen MR) is 25.7 cm³/mol. The third-order valence-electron chi connectivity index (χ3n) is 0.440. The van der Waals surface area contributed by atoms with Crippen LogP contribution in [0.3, 0.4) is 0 Å². The molecular weight excluding hydrogens is 92.1 g/mol. The second-order valence-electron chi connectivity index (χ2n) is 0.869. The van der Waals surface area contributed by atoms with E-state index < -0.39 is 0 Å². The molecule has 0 aromatic carbocycles. The van der Waals surface area contributed by atoms with E-state index >= 15 is 0 Å². The summed E-state index contributed by atoms with van der Waals surface area (Å²) in [7, 11) is 0. The molecule has 1 aliphatic heterocycles. The summed E-state index contributed by atoms with van der Waals surface area (Å²) in [6.45, 7) is 0. The Morgan fingerprint density at radius 2 is 2.29 bits per heavy atom. The normalized spacial score (nSPS) is 14.6. The fourth-order valence-electron chi connectivity index (χ4n) is 0.221. The van der Waals surface area contributed by atoms with E-state index in [1.165, 1.54) is 12.3 Å². The molecular formula is C4H6N2O. The number of amides is 1. The van der Waals surface area contributed by atoms with Crippen LogP contribution in [0, 0.1) is 0 Å². The Morgan fingerprint density at radius 3 is 2.43 bits per heavy atom. The first-order valence-electron chi connectivity index (χ1n) is 1.51. The molecule has 0 N–H and O–H groups in total. The van der Waals surface area contributed by atoms with Gasteiger partial charge in [0.25, 0.3) is 5.91 Å². The third-order valence-corrected chi connectivity index (χ3v) is 0.440. The van der Waals surface area contributed by atoms with Crippen molar-refractivity contribution in [3.63, 3.8) is 0 Å². The number of rotatable bonds is 0. The van der Waals surface area contributed by atoms with E-state index in [1.54, 1.807) is 0 Å². The Balaban J connectivity index is 0.000000360. The summed E-state index contributed by atoms with van der Waals surface area (Å²) in [5.74, 6) is -0.269. The fraction of sp³-hybridized carbons (Fsp3) is 0.250. The predicted octanol–water partition coefficient (Wildman–Crippen LogP) is 1.13. The van der Waals surface area contributed by atoms with Crippen LogP contribution in [0.1, 0.15) is 7.43 Å². The van der Waals surface area contributed by atoms with Crippen molar-refractivity contribution in [2.75, 3.05) is 0 Å². The molecule has 0 fully saturated rings. The van der Waals surface area contributed by atoms with Crippen LogP contribution in [0.5, 0.6) is 0 Å². The highest BCUT2D eigenvalue weighted by Crippen LogP contribution is 1.90. The largest absolute Gasteiger partial charge is 0.289 e. The second kappa shape index (κ2) is 2.23. The van der Waals surface area contributed by atoms with E-state index in [0.717, 1.165) is 0 Å². The van der Waals surface area contributed by atoms with Gasteiger partial charge in [-0.05, 0) is 0 Å². The summed E-state index contributed by atoms with van der Waals surface area (Å²) in [6, 6.07) is 0. The molecule has 1 amide bonds. The SMILES string of the molecule is C.O=C1C=CN=N1. The maximum atomic E-state index is 9.90. The Labute approximate surface area is 41.8 Å². The minimum Gasteiger partial charge on any atom is -0.266 e. The van der Waals surface area contributed by atoms with Gasteiger partial charge in [0.2, 0.25) is 0 Å². The molecule has 1 rings (SSSR count). The van der Waals surface area contributed by atoms with Crippen LogP contribution in [0.2, 0.25) is 0 Å². The maximum Gasteiger partial charge on any atom is 0.289 e. The van der Waals surface area contributed by atoms with Crippen LogP contribution in [0.25, 0.3) is 0 Å². The lowest BCUT2D eigenvalue weighted by atomic mass is 10.6. The van der Waals surface area contributed by atoms with Gasteiger partial charge in [-0.1, -0.05) is 7.43 Å². The molecule has 3 heteroatoms. The monoisotopic (exact) mass is 98.0 g/mol. The Kier molecular flexibility index (Phi) is 1.91. The smallest absolute Gasteiger partial charge is 0.266 e. The highest BCUT2D eigenvalue weighted by molar-refractivity contribution is 5.89. The van der Waals surface area contributed by atoms with Gasteiger partial charge in [0.15, 0.2) is 0 Å². The molecule has 0 aromatic heterocycles. The summed E-state index contributed by atoms with van der Waals surface area (Å²) < 4.78 is 0. The second-order valence-corrected chi connectivity index (χ2v) is 0.869. The van der Waals surface area contributed by atoms with Gasteiger partial charge in [-0.2, -0.15) is 5.11 Å². The molecule has 1 aliphatic rings. The standard InChI is InChI=1S/C3H2N2O.CH4/c6-3-1-2-4-5-3;/h1-2H;1H4. The Hall–Kier alpha value is -0.990. The number of nitrogens with zero attached hydrogens (tertiary/aromatic N) is 2. The van der Waals surface area contributed by atoms with E-state index in [2.05, 4.69) is 10.2 Å². The summed E-state index contributed by atoms with van der Waals surface area (Å²) in [4.78, 5) is 9.90. The Bertz CT molecular complexity index is 112. The van der Waals surface area contributed by atoms with Gasteiger partial charge in [0, 0.05) is 6.08 Å². The molecule has 7 heavy (non-hydrogen) atoms. The van der Waals surface area contributed by atoms with Gasteiger partial charge in [-0.3, -0.25) is 4.79 Å². The van der Waals surface area contributed by atoms with Crippen LogP contribution < -0.4 is 0 Å². The lowest BCUT2D eigenvalue weighted by molar-refractivity contribution is -0.113. The van der Waals surface area contributed by atoms with Crippen LogP contribution in [0.4, 0.5) is 0 Å². The molecule has 0 bridgehead atoms. The van der Waals surface area contributed by atoms with Crippen molar-refractivity contribution in [2.45, 2.75) is 7.43 Å². The lowest BCUT2D eigenvalue weighted by Gasteiger charge is -1.59. The lowest BCUT2D eigenvalue weighted by Crippen LogP contribution is -1.74. The van der Waals surface area contributed by atoms with Gasteiger partial charge in [-0.25, -0.2) is 0 Å². The van der Waals surface area contributed by atoms with Crippen molar-refractivity contribution < 1.29 is 4.79 Å². The van der Waals surface area contributed by atoms with E-state index in [0.29, 0.717) is 0 Å². The summed E-state index contributed by atoms with van der Waals surface area (Å²) >= 11 is 0. The minimum atomic E-state index is -0.269.